The average Bonchev–Trinajstić information content (AvgIpc) is 2.62. The summed E-state index contributed by atoms with van der Waals surface area (Å²) in [5.41, 5.74) is 0. The molecule has 162 valence electrons. The van der Waals surface area contributed by atoms with E-state index in [1.165, 1.54) is 81.9 Å². The van der Waals surface area contributed by atoms with Crippen molar-refractivity contribution in [1.82, 2.24) is 4.90 Å². The first-order chi connectivity index (χ1) is 12.9. The second-order valence-corrected chi connectivity index (χ2v) is 9.30. The Bertz CT molecular complexity index is 451. The van der Waals surface area contributed by atoms with Gasteiger partial charge in [0, 0.05) is 20.0 Å². The molecule has 0 bridgehead atoms. The van der Waals surface area contributed by atoms with Crippen LogP contribution in [0.25, 0.3) is 0 Å². The molecule has 0 saturated heterocycles. The zero-order chi connectivity index (χ0) is 20.4. The quantitative estimate of drug-likeness (QED) is 0.217. The highest BCUT2D eigenvalue weighted by atomic mass is 32.2. The predicted octanol–water partition coefficient (Wildman–Crippen LogP) is 5.25. The van der Waals surface area contributed by atoms with Crippen LogP contribution >= 0.6 is 0 Å². The van der Waals surface area contributed by atoms with Gasteiger partial charge in [0.1, 0.15) is 0 Å². The molecule has 0 rings (SSSR count). The fraction of sp³-hybridized carbons (Fsp3) is 0.952. The summed E-state index contributed by atoms with van der Waals surface area (Å²) in [7, 11) is -2.69. The number of amides is 1. The van der Waals surface area contributed by atoms with Gasteiger partial charge in [-0.3, -0.25) is 4.79 Å². The number of nitrogens with zero attached hydrogens (tertiary/aromatic N) is 1. The van der Waals surface area contributed by atoms with E-state index in [0.717, 1.165) is 19.3 Å². The third-order valence-corrected chi connectivity index (χ3v) is 5.78. The van der Waals surface area contributed by atoms with Gasteiger partial charge in [-0.15, -0.1) is 0 Å². The minimum atomic E-state index is -4.25. The highest BCUT2D eigenvalue weighted by molar-refractivity contribution is 7.85. The highest BCUT2D eigenvalue weighted by Gasteiger charge is 2.09. The van der Waals surface area contributed by atoms with Crippen LogP contribution in [0.15, 0.2) is 0 Å². The lowest BCUT2D eigenvalue weighted by Gasteiger charge is -2.18. The van der Waals surface area contributed by atoms with E-state index in [1.54, 1.807) is 7.05 Å². The smallest absolute Gasteiger partial charge is 0.222 e. The summed E-state index contributed by atoms with van der Waals surface area (Å²) < 4.78 is 31.7. The number of unbranched alkanes of at least 4 members (excludes halogenated alkanes) is 14. The van der Waals surface area contributed by atoms with Gasteiger partial charge in [0.15, 0.2) is 0 Å². The third-order valence-electron chi connectivity index (χ3n) is 5.10. The van der Waals surface area contributed by atoms with E-state index >= 15 is 0 Å². The van der Waals surface area contributed by atoms with Gasteiger partial charge in [-0.05, 0) is 6.42 Å². The molecule has 0 radical (unpaired) electrons. The summed E-state index contributed by atoms with van der Waals surface area (Å²) in [6, 6.07) is 0. The highest BCUT2D eigenvalue weighted by Crippen LogP contribution is 2.13. The fourth-order valence-electron chi connectivity index (χ4n) is 3.21. The molecule has 0 aromatic rings. The molecule has 0 fully saturated rings. The van der Waals surface area contributed by atoms with Crippen molar-refractivity contribution in [3.05, 3.63) is 0 Å². The van der Waals surface area contributed by atoms with Gasteiger partial charge in [-0.25, -0.2) is 8.42 Å². The lowest BCUT2D eigenvalue weighted by Crippen LogP contribution is -2.31. The van der Waals surface area contributed by atoms with Gasteiger partial charge >= 0.3 is 0 Å². The molecule has 0 saturated carbocycles. The van der Waals surface area contributed by atoms with E-state index in [1.807, 2.05) is 0 Å². The van der Waals surface area contributed by atoms with Gasteiger partial charge in [-0.1, -0.05) is 96.8 Å². The topological polar surface area (TPSA) is 77.5 Å². The second-order valence-electron chi connectivity index (χ2n) is 7.78. The van der Waals surface area contributed by atoms with Crippen LogP contribution in [0.2, 0.25) is 0 Å². The van der Waals surface area contributed by atoms with Gasteiger partial charge in [-0.2, -0.15) is 0 Å². The summed E-state index contributed by atoms with van der Waals surface area (Å²) in [6.07, 6.45) is 19.7. The summed E-state index contributed by atoms with van der Waals surface area (Å²) in [5, 5.41) is 0. The molecule has 0 heterocycles. The first kappa shape index (κ1) is 26.4. The number of hydrogen-bond donors (Lipinski definition) is 0. The Morgan fingerprint density at radius 2 is 1.11 bits per heavy atom. The summed E-state index contributed by atoms with van der Waals surface area (Å²) in [6.45, 7) is 2.25. The van der Waals surface area contributed by atoms with Crippen LogP contribution < -0.4 is 0 Å². The maximum atomic E-state index is 11.8. The molecule has 1 amide bonds. The first-order valence-electron chi connectivity index (χ1n) is 11.0. The molecule has 0 aliphatic heterocycles. The molecular weight excluding hydrogens is 362 g/mol. The minimum absolute atomic E-state index is 0.0105. The van der Waals surface area contributed by atoms with Crippen molar-refractivity contribution in [3.63, 3.8) is 0 Å². The Morgan fingerprint density at radius 1 is 0.741 bits per heavy atom. The Labute approximate surface area is 168 Å². The van der Waals surface area contributed by atoms with E-state index in [4.69, 9.17) is 0 Å². The Morgan fingerprint density at radius 3 is 1.48 bits per heavy atom. The monoisotopic (exact) mass is 404 g/mol. The van der Waals surface area contributed by atoms with Gasteiger partial charge in [0.25, 0.3) is 0 Å². The van der Waals surface area contributed by atoms with Crippen LogP contribution in [-0.2, 0) is 14.9 Å². The van der Waals surface area contributed by atoms with Gasteiger partial charge < -0.3 is 9.45 Å². The Hall–Kier alpha value is -0.620. The fourth-order valence-corrected chi connectivity index (χ4v) is 3.71. The van der Waals surface area contributed by atoms with Gasteiger partial charge in [0.05, 0.1) is 15.9 Å². The van der Waals surface area contributed by atoms with Crippen LogP contribution in [0.3, 0.4) is 0 Å². The van der Waals surface area contributed by atoms with Crippen molar-refractivity contribution in [2.45, 2.75) is 110 Å². The van der Waals surface area contributed by atoms with E-state index in [-0.39, 0.29) is 12.5 Å². The largest absolute Gasteiger partial charge is 0.748 e. The van der Waals surface area contributed by atoms with E-state index in [9.17, 15) is 17.8 Å². The maximum Gasteiger partial charge on any atom is 0.222 e. The number of rotatable bonds is 19. The van der Waals surface area contributed by atoms with Crippen LogP contribution in [0.1, 0.15) is 110 Å². The summed E-state index contributed by atoms with van der Waals surface area (Å²) >= 11 is 0. The zero-order valence-electron chi connectivity index (χ0n) is 17.7. The average molecular weight is 405 g/mol. The molecule has 5 nitrogen and oxygen atoms in total. The van der Waals surface area contributed by atoms with E-state index in [0.29, 0.717) is 6.42 Å². The second kappa shape index (κ2) is 17.5. The van der Waals surface area contributed by atoms with E-state index in [2.05, 4.69) is 6.92 Å². The predicted molar refractivity (Wildman–Crippen MR) is 112 cm³/mol. The number of carbonyl (C=O) groups excluding carboxylic acids is 1. The van der Waals surface area contributed by atoms with Gasteiger partial charge in [0.2, 0.25) is 5.91 Å². The summed E-state index contributed by atoms with van der Waals surface area (Å²) in [5.74, 6) is -0.581. The SMILES string of the molecule is CCCCCCCCCCCCCCCCCC(=O)N(C)CCS(=O)(=O)[O-]. The van der Waals surface area contributed by atoms with Crippen LogP contribution in [0.5, 0.6) is 0 Å². The number of hydrogen-bond acceptors (Lipinski definition) is 4. The molecule has 6 heteroatoms. The zero-order valence-corrected chi connectivity index (χ0v) is 18.5. The minimum Gasteiger partial charge on any atom is -0.748 e. The maximum absolute atomic E-state index is 11.8. The molecule has 0 aliphatic rings. The Kier molecular flexibility index (Phi) is 17.1. The number of carbonyl (C=O) groups is 1. The molecule has 0 aromatic carbocycles. The van der Waals surface area contributed by atoms with Crippen molar-refractivity contribution in [1.29, 1.82) is 0 Å². The third kappa shape index (κ3) is 19.9. The van der Waals surface area contributed by atoms with E-state index < -0.39 is 15.9 Å². The lowest BCUT2D eigenvalue weighted by atomic mass is 10.0. The molecular formula is C21H42NO4S-. The molecule has 0 N–H and O–H groups in total. The molecule has 0 aliphatic carbocycles. The van der Waals surface area contributed by atoms with Crippen molar-refractivity contribution in [2.24, 2.45) is 0 Å². The van der Waals surface area contributed by atoms with Crippen LogP contribution in [0, 0.1) is 0 Å². The standard InChI is InChI=1S/C21H43NO4S/c1-3-4-5-6-7-8-9-10-11-12-13-14-15-16-17-18-21(23)22(2)19-20-27(24,25)26/h3-20H2,1-2H3,(H,24,25,26)/p-1. The molecule has 0 unspecified atom stereocenters. The lowest BCUT2D eigenvalue weighted by molar-refractivity contribution is -0.129. The molecule has 0 aromatic heterocycles. The molecule has 0 atom stereocenters. The van der Waals surface area contributed by atoms with Crippen molar-refractivity contribution < 1.29 is 17.8 Å². The van der Waals surface area contributed by atoms with Crippen LogP contribution in [0.4, 0.5) is 0 Å². The van der Waals surface area contributed by atoms with Crippen molar-refractivity contribution in [3.8, 4) is 0 Å². The van der Waals surface area contributed by atoms with Crippen LogP contribution in [-0.4, -0.2) is 43.1 Å². The molecule has 27 heavy (non-hydrogen) atoms. The normalized spacial score (nSPS) is 11.7. The van der Waals surface area contributed by atoms with Crippen molar-refractivity contribution in [2.75, 3.05) is 19.3 Å². The summed E-state index contributed by atoms with van der Waals surface area (Å²) in [4.78, 5) is 13.2. The Balaban J connectivity index is 3.32. The first-order valence-corrected chi connectivity index (χ1v) is 12.6. The molecule has 0 spiro atoms. The van der Waals surface area contributed by atoms with Crippen molar-refractivity contribution >= 4 is 16.0 Å².